The Hall–Kier alpha value is -3.60. The van der Waals surface area contributed by atoms with Crippen molar-refractivity contribution in [2.24, 2.45) is 0 Å². The Morgan fingerprint density at radius 3 is 2.46 bits per heavy atom. The number of rotatable bonds is 6. The first-order valence-electron chi connectivity index (χ1n) is 7.84. The molecule has 11 heteroatoms. The Bertz CT molecular complexity index is 1140. The number of halogens is 1. The number of benzene rings is 2. The number of aromatic nitrogens is 2. The molecule has 0 unspecified atom stereocenters. The molecule has 0 aliphatic rings. The van der Waals surface area contributed by atoms with Crippen molar-refractivity contribution in [1.29, 1.82) is 0 Å². The second-order valence-corrected chi connectivity index (χ2v) is 7.43. The second kappa shape index (κ2) is 7.56. The molecular formula is C17H13FN4O5S. The summed E-state index contributed by atoms with van der Waals surface area (Å²) in [6.45, 7) is 0. The van der Waals surface area contributed by atoms with E-state index in [0.717, 1.165) is 4.68 Å². The molecule has 1 aromatic heterocycles. The normalized spacial score (nSPS) is 11.2. The van der Waals surface area contributed by atoms with E-state index in [-0.39, 0.29) is 22.6 Å². The van der Waals surface area contributed by atoms with E-state index in [4.69, 9.17) is 0 Å². The predicted octanol–water partition coefficient (Wildman–Crippen LogP) is 2.18. The molecular weight excluding hydrogens is 391 g/mol. The van der Waals surface area contributed by atoms with Crippen LogP contribution in [0.15, 0.2) is 60.8 Å². The lowest BCUT2D eigenvalue weighted by Gasteiger charge is -2.06. The molecule has 1 amide bonds. The van der Waals surface area contributed by atoms with Gasteiger partial charge >= 0.3 is 0 Å². The molecule has 0 bridgehead atoms. The lowest BCUT2D eigenvalue weighted by atomic mass is 10.2. The van der Waals surface area contributed by atoms with Gasteiger partial charge in [0.25, 0.3) is 11.6 Å². The summed E-state index contributed by atoms with van der Waals surface area (Å²) in [5, 5.41) is 14.5. The first-order valence-corrected chi connectivity index (χ1v) is 9.49. The third-order valence-electron chi connectivity index (χ3n) is 3.67. The molecule has 1 N–H and O–H groups in total. The highest BCUT2D eigenvalue weighted by Crippen LogP contribution is 2.15. The number of sulfonamides is 1. The number of carbonyl (C=O) groups is 1. The Kier molecular flexibility index (Phi) is 5.18. The van der Waals surface area contributed by atoms with Crippen molar-refractivity contribution in [2.75, 3.05) is 0 Å². The minimum absolute atomic E-state index is 0.107. The fraction of sp³-hybridized carbons (Fsp3) is 0.0588. The summed E-state index contributed by atoms with van der Waals surface area (Å²) in [5.41, 5.74) is -0.0162. The van der Waals surface area contributed by atoms with Crippen LogP contribution in [-0.4, -0.2) is 29.0 Å². The van der Waals surface area contributed by atoms with Crippen molar-refractivity contribution in [2.45, 2.75) is 5.75 Å². The highest BCUT2D eigenvalue weighted by molar-refractivity contribution is 7.89. The molecule has 0 spiro atoms. The van der Waals surface area contributed by atoms with Crippen LogP contribution in [0.3, 0.4) is 0 Å². The van der Waals surface area contributed by atoms with Crippen LogP contribution in [-0.2, 0) is 15.8 Å². The number of non-ortho nitro benzene ring substituents is 1. The molecule has 0 aliphatic heterocycles. The van der Waals surface area contributed by atoms with Gasteiger partial charge in [-0.3, -0.25) is 14.9 Å². The maximum Gasteiger partial charge on any atom is 0.285 e. The van der Waals surface area contributed by atoms with Gasteiger partial charge < -0.3 is 0 Å². The number of hydrogen-bond acceptors (Lipinski definition) is 6. The fourth-order valence-electron chi connectivity index (χ4n) is 2.38. The number of amides is 1. The zero-order chi connectivity index (χ0) is 20.3. The number of nitrogens with zero attached hydrogens (tertiary/aromatic N) is 3. The highest BCUT2D eigenvalue weighted by Gasteiger charge is 2.20. The molecule has 28 heavy (non-hydrogen) atoms. The summed E-state index contributed by atoms with van der Waals surface area (Å²) in [7, 11) is -4.07. The van der Waals surface area contributed by atoms with Gasteiger partial charge in [-0.2, -0.15) is 5.10 Å². The largest absolute Gasteiger partial charge is 0.285 e. The van der Waals surface area contributed by atoms with Crippen molar-refractivity contribution in [1.82, 2.24) is 14.5 Å². The summed E-state index contributed by atoms with van der Waals surface area (Å²) < 4.78 is 41.1. The number of nitro benzene ring substituents is 1. The first kappa shape index (κ1) is 19.2. The third kappa shape index (κ3) is 4.38. The van der Waals surface area contributed by atoms with E-state index >= 15 is 0 Å². The van der Waals surface area contributed by atoms with Crippen LogP contribution in [0.4, 0.5) is 10.1 Å². The van der Waals surface area contributed by atoms with E-state index in [2.05, 4.69) is 5.10 Å². The molecule has 3 aromatic rings. The summed E-state index contributed by atoms with van der Waals surface area (Å²) in [4.78, 5) is 22.2. The number of carbonyl (C=O) groups excluding carboxylic acids is 1. The maximum atomic E-state index is 13.8. The number of para-hydroxylation sites is 1. The zero-order valence-corrected chi connectivity index (χ0v) is 15.0. The molecule has 0 atom stereocenters. The Morgan fingerprint density at radius 1 is 1.14 bits per heavy atom. The van der Waals surface area contributed by atoms with Crippen LogP contribution in [0, 0.1) is 15.9 Å². The Labute approximate surface area is 158 Å². The number of nitrogens with one attached hydrogen (secondary N) is 1. The van der Waals surface area contributed by atoms with Gasteiger partial charge in [0.2, 0.25) is 10.0 Å². The van der Waals surface area contributed by atoms with E-state index in [9.17, 15) is 27.7 Å². The highest BCUT2D eigenvalue weighted by atomic mass is 32.2. The molecule has 144 valence electrons. The lowest BCUT2D eigenvalue weighted by Crippen LogP contribution is -2.32. The molecule has 0 saturated heterocycles. The van der Waals surface area contributed by atoms with Crippen LogP contribution in [0.5, 0.6) is 0 Å². The minimum Gasteiger partial charge on any atom is -0.266 e. The van der Waals surface area contributed by atoms with Gasteiger partial charge in [0.1, 0.15) is 11.5 Å². The third-order valence-corrected chi connectivity index (χ3v) is 4.88. The van der Waals surface area contributed by atoms with Gasteiger partial charge in [-0.15, -0.1) is 0 Å². The Balaban J connectivity index is 1.71. The quantitative estimate of drug-likeness (QED) is 0.496. The molecule has 0 aliphatic carbocycles. The average molecular weight is 404 g/mol. The zero-order valence-electron chi connectivity index (χ0n) is 14.1. The van der Waals surface area contributed by atoms with Gasteiger partial charge in [-0.1, -0.05) is 24.3 Å². The second-order valence-electron chi connectivity index (χ2n) is 5.71. The van der Waals surface area contributed by atoms with Crippen molar-refractivity contribution in [3.05, 3.63) is 88.0 Å². The van der Waals surface area contributed by atoms with Crippen molar-refractivity contribution < 1.29 is 22.5 Å². The van der Waals surface area contributed by atoms with Crippen LogP contribution in [0.25, 0.3) is 5.69 Å². The van der Waals surface area contributed by atoms with Gasteiger partial charge in [0.05, 0.1) is 10.7 Å². The van der Waals surface area contributed by atoms with E-state index in [1.165, 1.54) is 54.7 Å². The summed E-state index contributed by atoms with van der Waals surface area (Å²) in [6, 6.07) is 11.9. The van der Waals surface area contributed by atoms with Gasteiger partial charge in [-0.05, 0) is 23.8 Å². The molecule has 3 rings (SSSR count). The average Bonchev–Trinajstić information content (AvgIpc) is 3.12. The van der Waals surface area contributed by atoms with E-state index in [1.807, 2.05) is 4.72 Å². The summed E-state index contributed by atoms with van der Waals surface area (Å²) >= 11 is 0. The van der Waals surface area contributed by atoms with E-state index < -0.39 is 32.4 Å². The Morgan fingerprint density at radius 2 is 1.82 bits per heavy atom. The van der Waals surface area contributed by atoms with Gasteiger partial charge in [0.15, 0.2) is 5.69 Å². The summed E-state index contributed by atoms with van der Waals surface area (Å²) in [5.74, 6) is -2.08. The van der Waals surface area contributed by atoms with E-state index in [0.29, 0.717) is 0 Å². The van der Waals surface area contributed by atoms with Crippen molar-refractivity contribution in [3.8, 4) is 5.69 Å². The lowest BCUT2D eigenvalue weighted by molar-refractivity contribution is -0.384. The van der Waals surface area contributed by atoms with Crippen molar-refractivity contribution in [3.63, 3.8) is 0 Å². The molecule has 9 nitrogen and oxygen atoms in total. The standard InChI is InChI=1S/C17H13FN4O5S/c18-14-3-1-2-4-16(14)21-10-9-15(19-21)17(23)20-28(26,27)11-12-5-7-13(8-6-12)22(24)25/h1-10H,11H2,(H,20,23). The monoisotopic (exact) mass is 404 g/mol. The van der Waals surface area contributed by atoms with Crippen LogP contribution in [0.2, 0.25) is 0 Å². The van der Waals surface area contributed by atoms with Crippen LogP contribution in [0.1, 0.15) is 16.1 Å². The first-order chi connectivity index (χ1) is 13.2. The molecule has 0 radical (unpaired) electrons. The molecule has 0 saturated carbocycles. The van der Waals surface area contributed by atoms with Crippen LogP contribution < -0.4 is 4.72 Å². The topological polar surface area (TPSA) is 124 Å². The SMILES string of the molecule is O=C(NS(=O)(=O)Cc1ccc([N+](=O)[O-])cc1)c1ccn(-c2ccccc2F)n1. The number of hydrogen-bond donors (Lipinski definition) is 1. The molecule has 0 fully saturated rings. The van der Waals surface area contributed by atoms with Gasteiger partial charge in [0, 0.05) is 18.3 Å². The minimum atomic E-state index is -4.07. The van der Waals surface area contributed by atoms with Crippen molar-refractivity contribution >= 4 is 21.6 Å². The molecule has 1 heterocycles. The number of nitro groups is 1. The fourth-order valence-corrected chi connectivity index (χ4v) is 3.47. The smallest absolute Gasteiger partial charge is 0.266 e. The molecule has 2 aromatic carbocycles. The summed E-state index contributed by atoms with van der Waals surface area (Å²) in [6.07, 6.45) is 1.33. The maximum absolute atomic E-state index is 13.8. The predicted molar refractivity (Wildman–Crippen MR) is 96.7 cm³/mol. The van der Waals surface area contributed by atoms with Gasteiger partial charge in [-0.25, -0.2) is 22.2 Å². The van der Waals surface area contributed by atoms with E-state index in [1.54, 1.807) is 6.07 Å². The van der Waals surface area contributed by atoms with Crippen LogP contribution >= 0.6 is 0 Å².